The van der Waals surface area contributed by atoms with E-state index in [1.807, 2.05) is 13.0 Å². The second kappa shape index (κ2) is 7.59. The van der Waals surface area contributed by atoms with Crippen LogP contribution in [0.4, 0.5) is 0 Å². The van der Waals surface area contributed by atoms with E-state index in [1.54, 1.807) is 23.9 Å². The summed E-state index contributed by atoms with van der Waals surface area (Å²) in [5.74, 6) is 1.37. The molecule has 108 valence electrons. The third-order valence-electron chi connectivity index (χ3n) is 2.69. The third kappa shape index (κ3) is 4.58. The molecule has 3 nitrogen and oxygen atoms in total. The van der Waals surface area contributed by atoms with Gasteiger partial charge in [0.25, 0.3) is 0 Å². The zero-order valence-electron chi connectivity index (χ0n) is 10.9. The molecule has 1 N–H and O–H groups in total. The molecule has 1 aromatic rings. The van der Waals surface area contributed by atoms with Crippen molar-refractivity contribution in [3.63, 3.8) is 0 Å². The largest absolute Gasteiger partial charge is 0.349 e. The summed E-state index contributed by atoms with van der Waals surface area (Å²) in [5, 5.41) is 4.08. The summed E-state index contributed by atoms with van der Waals surface area (Å²) in [5.41, 5.74) is 0.863. The Morgan fingerprint density at radius 3 is 3.00 bits per heavy atom. The Kier molecular flexibility index (Phi) is 6.08. The molecule has 1 amide bonds. The number of rotatable bonds is 4. The van der Waals surface area contributed by atoms with E-state index in [0.29, 0.717) is 15.8 Å². The van der Waals surface area contributed by atoms with Crippen LogP contribution in [0, 0.1) is 0 Å². The van der Waals surface area contributed by atoms with Crippen LogP contribution in [-0.4, -0.2) is 28.3 Å². The molecule has 1 aliphatic rings. The maximum atomic E-state index is 11.9. The van der Waals surface area contributed by atoms with E-state index in [4.69, 9.17) is 23.2 Å². The number of aliphatic imine (C=N–C) groups is 1. The highest BCUT2D eigenvalue weighted by Gasteiger charge is 2.15. The minimum absolute atomic E-state index is 0.0243. The molecule has 1 aromatic carbocycles. The van der Waals surface area contributed by atoms with Crippen molar-refractivity contribution in [1.82, 2.24) is 5.32 Å². The molecule has 1 heterocycles. The smallest absolute Gasteiger partial charge is 0.230 e. The second-order valence-electron chi connectivity index (χ2n) is 4.24. The second-order valence-corrected chi connectivity index (χ2v) is 7.39. The summed E-state index contributed by atoms with van der Waals surface area (Å²) in [7, 11) is 0. The molecule has 0 unspecified atom stereocenters. The topological polar surface area (TPSA) is 41.5 Å². The number of hydrogen-bond donors (Lipinski definition) is 1. The number of halogens is 2. The van der Waals surface area contributed by atoms with Crippen molar-refractivity contribution in [1.29, 1.82) is 0 Å². The summed E-state index contributed by atoms with van der Waals surface area (Å²) in [4.78, 5) is 16.2. The van der Waals surface area contributed by atoms with Crippen molar-refractivity contribution in [3.8, 4) is 0 Å². The number of amides is 1. The lowest BCUT2D eigenvalue weighted by molar-refractivity contribution is -0.119. The van der Waals surface area contributed by atoms with Crippen LogP contribution in [0.1, 0.15) is 18.5 Å². The zero-order valence-corrected chi connectivity index (χ0v) is 14.0. The van der Waals surface area contributed by atoms with E-state index in [-0.39, 0.29) is 11.9 Å². The molecule has 0 fully saturated rings. The van der Waals surface area contributed by atoms with Gasteiger partial charge >= 0.3 is 0 Å². The molecule has 0 spiro atoms. The highest BCUT2D eigenvalue weighted by Crippen LogP contribution is 2.26. The summed E-state index contributed by atoms with van der Waals surface area (Å²) >= 11 is 15.2. The Morgan fingerprint density at radius 2 is 2.35 bits per heavy atom. The minimum Gasteiger partial charge on any atom is -0.349 e. The summed E-state index contributed by atoms with van der Waals surface area (Å²) in [6, 6.07) is 5.13. The first kappa shape index (κ1) is 16.0. The predicted molar refractivity (Wildman–Crippen MR) is 90.2 cm³/mol. The molecule has 0 radical (unpaired) electrons. The average Bonchev–Trinajstić information content (AvgIpc) is 2.89. The Bertz CT molecular complexity index is 537. The molecule has 0 saturated carbocycles. The minimum atomic E-state index is -0.147. The zero-order chi connectivity index (χ0) is 14.5. The highest BCUT2D eigenvalue weighted by atomic mass is 35.5. The van der Waals surface area contributed by atoms with Gasteiger partial charge in [-0.05, 0) is 24.6 Å². The summed E-state index contributed by atoms with van der Waals surface area (Å²) in [6.07, 6.45) is 0. The number of carbonyl (C=O) groups excluding carboxylic acids is 1. The van der Waals surface area contributed by atoms with Crippen LogP contribution >= 0.6 is 46.7 Å². The number of hydrogen-bond acceptors (Lipinski definition) is 4. The van der Waals surface area contributed by atoms with Crippen LogP contribution in [0.5, 0.6) is 0 Å². The van der Waals surface area contributed by atoms with Crippen molar-refractivity contribution in [2.24, 2.45) is 4.99 Å². The standard InChI is InChI=1S/C13H14Cl2N2OS2/c1-8(10-3-2-9(14)6-11(10)15)17-12(18)7-20-13-16-4-5-19-13/h2-3,6,8H,4-5,7H2,1H3,(H,17,18)/t8-/m0/s1. The van der Waals surface area contributed by atoms with E-state index in [2.05, 4.69) is 10.3 Å². The molecule has 0 bridgehead atoms. The van der Waals surface area contributed by atoms with Crippen molar-refractivity contribution >= 4 is 57.0 Å². The van der Waals surface area contributed by atoms with Gasteiger partial charge in [0.15, 0.2) is 0 Å². The van der Waals surface area contributed by atoms with Gasteiger partial charge in [-0.3, -0.25) is 9.79 Å². The molecular formula is C13H14Cl2N2OS2. The number of nitrogens with one attached hydrogen (secondary N) is 1. The van der Waals surface area contributed by atoms with Gasteiger partial charge < -0.3 is 5.32 Å². The Labute approximate surface area is 136 Å². The SMILES string of the molecule is C[C@H](NC(=O)CSC1=NCCS1)c1ccc(Cl)cc1Cl. The van der Waals surface area contributed by atoms with Gasteiger partial charge in [-0.1, -0.05) is 52.8 Å². The maximum Gasteiger partial charge on any atom is 0.230 e. The van der Waals surface area contributed by atoms with Crippen LogP contribution in [0.2, 0.25) is 10.0 Å². The number of nitrogens with zero attached hydrogens (tertiary/aromatic N) is 1. The van der Waals surface area contributed by atoms with Crippen LogP contribution in [0.3, 0.4) is 0 Å². The van der Waals surface area contributed by atoms with Gasteiger partial charge in [0.2, 0.25) is 5.91 Å². The van der Waals surface area contributed by atoms with Crippen molar-refractivity contribution in [3.05, 3.63) is 33.8 Å². The van der Waals surface area contributed by atoms with Gasteiger partial charge in [-0.25, -0.2) is 0 Å². The maximum absolute atomic E-state index is 11.9. The van der Waals surface area contributed by atoms with Crippen molar-refractivity contribution < 1.29 is 4.79 Å². The molecule has 0 aliphatic carbocycles. The van der Waals surface area contributed by atoms with Crippen LogP contribution in [-0.2, 0) is 4.79 Å². The fourth-order valence-corrected chi connectivity index (χ4v) is 4.14. The first-order valence-electron chi connectivity index (χ1n) is 6.10. The molecule has 2 rings (SSSR count). The Morgan fingerprint density at radius 1 is 1.55 bits per heavy atom. The van der Waals surface area contributed by atoms with E-state index < -0.39 is 0 Å². The van der Waals surface area contributed by atoms with Crippen LogP contribution < -0.4 is 5.32 Å². The summed E-state index contributed by atoms with van der Waals surface area (Å²) < 4.78 is 0.998. The first-order chi connectivity index (χ1) is 9.56. The third-order valence-corrected chi connectivity index (χ3v) is 5.51. The summed E-state index contributed by atoms with van der Waals surface area (Å²) in [6.45, 7) is 2.75. The highest BCUT2D eigenvalue weighted by molar-refractivity contribution is 8.39. The van der Waals surface area contributed by atoms with Gasteiger partial charge in [-0.2, -0.15) is 0 Å². The van der Waals surface area contributed by atoms with Gasteiger partial charge in [0.1, 0.15) is 4.38 Å². The number of carbonyl (C=O) groups is 1. The van der Waals surface area contributed by atoms with E-state index in [9.17, 15) is 4.79 Å². The Balaban J connectivity index is 1.86. The molecule has 1 atom stereocenters. The normalized spacial score (nSPS) is 15.8. The fraction of sp³-hybridized carbons (Fsp3) is 0.385. The van der Waals surface area contributed by atoms with Crippen molar-refractivity contribution in [2.75, 3.05) is 18.1 Å². The van der Waals surface area contributed by atoms with E-state index in [1.165, 1.54) is 11.8 Å². The van der Waals surface area contributed by atoms with E-state index in [0.717, 1.165) is 22.2 Å². The molecule has 20 heavy (non-hydrogen) atoms. The average molecular weight is 349 g/mol. The molecule has 7 heteroatoms. The van der Waals surface area contributed by atoms with Gasteiger partial charge in [0.05, 0.1) is 18.3 Å². The van der Waals surface area contributed by atoms with Gasteiger partial charge in [0, 0.05) is 15.8 Å². The van der Waals surface area contributed by atoms with Crippen LogP contribution in [0.25, 0.3) is 0 Å². The van der Waals surface area contributed by atoms with E-state index >= 15 is 0 Å². The fourth-order valence-electron chi connectivity index (χ4n) is 1.74. The monoisotopic (exact) mass is 348 g/mol. The molecule has 0 aromatic heterocycles. The van der Waals surface area contributed by atoms with Crippen molar-refractivity contribution in [2.45, 2.75) is 13.0 Å². The number of benzene rings is 1. The van der Waals surface area contributed by atoms with Crippen LogP contribution in [0.15, 0.2) is 23.2 Å². The lowest BCUT2D eigenvalue weighted by Crippen LogP contribution is -2.28. The van der Waals surface area contributed by atoms with Gasteiger partial charge in [-0.15, -0.1) is 0 Å². The molecule has 0 saturated heterocycles. The quantitative estimate of drug-likeness (QED) is 0.893. The predicted octanol–water partition coefficient (Wildman–Crippen LogP) is 4.01. The Hall–Kier alpha value is -0.360. The lowest BCUT2D eigenvalue weighted by Gasteiger charge is -2.15. The lowest BCUT2D eigenvalue weighted by atomic mass is 10.1. The number of thioether (sulfide) groups is 2. The first-order valence-corrected chi connectivity index (χ1v) is 8.83. The molecular weight excluding hydrogens is 335 g/mol. The molecule has 1 aliphatic heterocycles.